The van der Waals surface area contributed by atoms with Crippen LogP contribution in [0.3, 0.4) is 0 Å². The molecule has 1 aliphatic heterocycles. The van der Waals surface area contributed by atoms with Crippen molar-refractivity contribution in [1.29, 1.82) is 0 Å². The zero-order chi connectivity index (χ0) is 17.2. The molecule has 0 aromatic carbocycles. The molecule has 0 aromatic heterocycles. The van der Waals surface area contributed by atoms with E-state index in [-0.39, 0.29) is 0 Å². The Labute approximate surface area is 148 Å². The van der Waals surface area contributed by atoms with E-state index < -0.39 is 0 Å². The molecule has 5 heteroatoms. The van der Waals surface area contributed by atoms with Gasteiger partial charge in [0.25, 0.3) is 0 Å². The number of hydrogen-bond acceptors (Lipinski definition) is 3. The van der Waals surface area contributed by atoms with Crippen molar-refractivity contribution in [1.82, 2.24) is 10.2 Å². The number of guanidine groups is 1. The van der Waals surface area contributed by atoms with Gasteiger partial charge in [-0.15, -0.1) is 0 Å². The number of ether oxygens (including phenoxy) is 2. The highest BCUT2D eigenvalue weighted by Crippen LogP contribution is 2.28. The molecule has 0 aromatic rings. The van der Waals surface area contributed by atoms with Crippen LogP contribution in [-0.4, -0.2) is 64.0 Å². The summed E-state index contributed by atoms with van der Waals surface area (Å²) >= 11 is 0. The Kier molecular flexibility index (Phi) is 8.89. The Morgan fingerprint density at radius 1 is 1.12 bits per heavy atom. The van der Waals surface area contributed by atoms with Gasteiger partial charge in [-0.3, -0.25) is 4.99 Å². The first-order chi connectivity index (χ1) is 11.7. The summed E-state index contributed by atoms with van der Waals surface area (Å²) in [5.41, 5.74) is 0. The smallest absolute Gasteiger partial charge is 0.193 e. The molecule has 0 amide bonds. The van der Waals surface area contributed by atoms with Gasteiger partial charge >= 0.3 is 0 Å². The van der Waals surface area contributed by atoms with Crippen LogP contribution < -0.4 is 5.32 Å². The highest BCUT2D eigenvalue weighted by molar-refractivity contribution is 5.80. The molecule has 1 unspecified atom stereocenters. The van der Waals surface area contributed by atoms with Gasteiger partial charge in [0.05, 0.1) is 19.8 Å². The number of hydrogen-bond donors (Lipinski definition) is 1. The highest BCUT2D eigenvalue weighted by Gasteiger charge is 2.25. The second-order valence-electron chi connectivity index (χ2n) is 7.49. The fraction of sp³-hybridized carbons (Fsp3) is 0.947. The summed E-state index contributed by atoms with van der Waals surface area (Å²) in [4.78, 5) is 7.37. The number of rotatable bonds is 8. The van der Waals surface area contributed by atoms with Crippen LogP contribution in [0.2, 0.25) is 0 Å². The Morgan fingerprint density at radius 3 is 2.62 bits per heavy atom. The van der Waals surface area contributed by atoms with E-state index in [1.807, 2.05) is 0 Å². The van der Waals surface area contributed by atoms with E-state index in [2.05, 4.69) is 24.1 Å². The third-order valence-corrected chi connectivity index (χ3v) is 5.34. The monoisotopic (exact) mass is 339 g/mol. The standard InChI is InChI=1S/C19H37N3O2/c1-4-20-19(21-13-17-7-5-16(2)6-8-17)22-10-9-18(14-22)15-24-12-11-23-3/h16-18H,4-15H2,1-3H3,(H,20,21). The molecule has 5 nitrogen and oxygen atoms in total. The van der Waals surface area contributed by atoms with E-state index in [1.165, 1.54) is 32.1 Å². The summed E-state index contributed by atoms with van der Waals surface area (Å²) in [7, 11) is 1.72. The Morgan fingerprint density at radius 2 is 1.92 bits per heavy atom. The molecule has 0 bridgehead atoms. The molecular formula is C19H37N3O2. The number of likely N-dealkylation sites (tertiary alicyclic amines) is 1. The minimum atomic E-state index is 0.612. The minimum Gasteiger partial charge on any atom is -0.382 e. The summed E-state index contributed by atoms with van der Waals surface area (Å²) in [5.74, 6) is 3.42. The zero-order valence-electron chi connectivity index (χ0n) is 15.9. The van der Waals surface area contributed by atoms with Crippen molar-refractivity contribution in [2.45, 2.75) is 46.0 Å². The third-order valence-electron chi connectivity index (χ3n) is 5.34. The predicted octanol–water partition coefficient (Wildman–Crippen LogP) is 2.76. The molecule has 1 saturated carbocycles. The Hall–Kier alpha value is -0.810. The molecule has 1 saturated heterocycles. The van der Waals surface area contributed by atoms with E-state index in [1.54, 1.807) is 7.11 Å². The van der Waals surface area contributed by atoms with Crippen LogP contribution in [0.15, 0.2) is 4.99 Å². The van der Waals surface area contributed by atoms with E-state index in [4.69, 9.17) is 14.5 Å². The molecular weight excluding hydrogens is 302 g/mol. The lowest BCUT2D eigenvalue weighted by atomic mass is 9.83. The average molecular weight is 340 g/mol. The van der Waals surface area contributed by atoms with Gasteiger partial charge in [0.2, 0.25) is 0 Å². The zero-order valence-corrected chi connectivity index (χ0v) is 15.9. The van der Waals surface area contributed by atoms with Gasteiger partial charge in [0.15, 0.2) is 5.96 Å². The summed E-state index contributed by atoms with van der Waals surface area (Å²) in [6.07, 6.45) is 6.64. The van der Waals surface area contributed by atoms with Crippen LogP contribution >= 0.6 is 0 Å². The van der Waals surface area contributed by atoms with Crippen LogP contribution in [0.25, 0.3) is 0 Å². The van der Waals surface area contributed by atoms with Crippen LogP contribution in [0.5, 0.6) is 0 Å². The maximum atomic E-state index is 5.70. The molecule has 0 radical (unpaired) electrons. The molecule has 1 atom stereocenters. The first kappa shape index (κ1) is 19.5. The second kappa shape index (κ2) is 10.9. The van der Waals surface area contributed by atoms with E-state index in [9.17, 15) is 0 Å². The average Bonchev–Trinajstić information content (AvgIpc) is 3.06. The lowest BCUT2D eigenvalue weighted by Crippen LogP contribution is -2.40. The van der Waals surface area contributed by atoms with Gasteiger partial charge in [-0.2, -0.15) is 0 Å². The van der Waals surface area contributed by atoms with Crippen molar-refractivity contribution < 1.29 is 9.47 Å². The van der Waals surface area contributed by atoms with Gasteiger partial charge in [-0.1, -0.05) is 19.8 Å². The van der Waals surface area contributed by atoms with Crippen molar-refractivity contribution >= 4 is 5.96 Å². The number of nitrogens with zero attached hydrogens (tertiary/aromatic N) is 2. The van der Waals surface area contributed by atoms with Crippen LogP contribution in [-0.2, 0) is 9.47 Å². The minimum absolute atomic E-state index is 0.612. The first-order valence-corrected chi connectivity index (χ1v) is 9.82. The van der Waals surface area contributed by atoms with Gasteiger partial charge in [0.1, 0.15) is 0 Å². The summed E-state index contributed by atoms with van der Waals surface area (Å²) in [6, 6.07) is 0. The van der Waals surface area contributed by atoms with Crippen LogP contribution in [0, 0.1) is 17.8 Å². The first-order valence-electron chi connectivity index (χ1n) is 9.82. The van der Waals surface area contributed by atoms with E-state index >= 15 is 0 Å². The molecule has 1 aliphatic carbocycles. The van der Waals surface area contributed by atoms with E-state index in [0.29, 0.717) is 19.1 Å². The quantitative estimate of drug-likeness (QED) is 0.420. The summed E-state index contributed by atoms with van der Waals surface area (Å²) in [5, 5.41) is 3.48. The van der Waals surface area contributed by atoms with Crippen molar-refractivity contribution in [2.75, 3.05) is 53.1 Å². The predicted molar refractivity (Wildman–Crippen MR) is 99.5 cm³/mol. The van der Waals surface area contributed by atoms with E-state index in [0.717, 1.165) is 50.6 Å². The third kappa shape index (κ3) is 6.60. The highest BCUT2D eigenvalue weighted by atomic mass is 16.5. The molecule has 24 heavy (non-hydrogen) atoms. The maximum Gasteiger partial charge on any atom is 0.193 e. The van der Waals surface area contributed by atoms with Crippen LogP contribution in [0.4, 0.5) is 0 Å². The van der Waals surface area contributed by atoms with Crippen molar-refractivity contribution in [3.8, 4) is 0 Å². The van der Waals surface area contributed by atoms with Crippen molar-refractivity contribution in [2.24, 2.45) is 22.7 Å². The van der Waals surface area contributed by atoms with Gasteiger partial charge < -0.3 is 19.7 Å². The van der Waals surface area contributed by atoms with Gasteiger partial charge in [0, 0.05) is 39.2 Å². The van der Waals surface area contributed by atoms with Crippen molar-refractivity contribution in [3.05, 3.63) is 0 Å². The molecule has 0 spiro atoms. The summed E-state index contributed by atoms with van der Waals surface area (Å²) in [6.45, 7) is 10.8. The normalized spacial score (nSPS) is 28.4. The molecule has 1 N–H and O–H groups in total. The number of aliphatic imine (C=N–C) groups is 1. The largest absolute Gasteiger partial charge is 0.382 e. The lowest BCUT2D eigenvalue weighted by Gasteiger charge is -2.26. The summed E-state index contributed by atoms with van der Waals surface area (Å²) < 4.78 is 10.7. The second-order valence-corrected chi connectivity index (χ2v) is 7.49. The van der Waals surface area contributed by atoms with Crippen LogP contribution in [0.1, 0.15) is 46.0 Å². The number of nitrogens with one attached hydrogen (secondary N) is 1. The van der Waals surface area contributed by atoms with Crippen molar-refractivity contribution in [3.63, 3.8) is 0 Å². The SMILES string of the molecule is CCNC(=NCC1CCC(C)CC1)N1CCC(COCCOC)C1. The number of methoxy groups -OCH3 is 1. The van der Waals surface area contributed by atoms with Gasteiger partial charge in [-0.25, -0.2) is 0 Å². The lowest BCUT2D eigenvalue weighted by molar-refractivity contribution is 0.0536. The fourth-order valence-corrected chi connectivity index (χ4v) is 3.71. The maximum absolute atomic E-state index is 5.70. The van der Waals surface area contributed by atoms with Gasteiger partial charge in [-0.05, 0) is 38.0 Å². The molecule has 1 heterocycles. The molecule has 2 aliphatic rings. The Bertz CT molecular complexity index is 368. The topological polar surface area (TPSA) is 46.1 Å². The molecule has 2 rings (SSSR count). The molecule has 140 valence electrons. The fourth-order valence-electron chi connectivity index (χ4n) is 3.71. The Balaban J connectivity index is 1.76. The molecule has 2 fully saturated rings.